The van der Waals surface area contributed by atoms with E-state index in [4.69, 9.17) is 4.52 Å². The van der Waals surface area contributed by atoms with Crippen molar-refractivity contribution in [2.24, 2.45) is 0 Å². The van der Waals surface area contributed by atoms with Gasteiger partial charge in [-0.2, -0.15) is 0 Å². The van der Waals surface area contributed by atoms with E-state index in [1.807, 2.05) is 48.5 Å². The van der Waals surface area contributed by atoms with Gasteiger partial charge in [-0.3, -0.25) is 14.2 Å². The summed E-state index contributed by atoms with van der Waals surface area (Å²) < 4.78 is 6.64. The lowest BCUT2D eigenvalue weighted by Crippen LogP contribution is -2.28. The van der Waals surface area contributed by atoms with E-state index in [1.54, 1.807) is 0 Å². The quantitative estimate of drug-likeness (QED) is 0.457. The third-order valence-electron chi connectivity index (χ3n) is 4.90. The van der Waals surface area contributed by atoms with Gasteiger partial charge in [-0.05, 0) is 18.4 Å². The number of aromatic nitrogens is 3. The largest absolute Gasteiger partial charge is 0.356 e. The number of carbonyl (C=O) groups is 1. The van der Waals surface area contributed by atoms with Gasteiger partial charge in [0.05, 0.1) is 0 Å². The van der Waals surface area contributed by atoms with Crippen LogP contribution in [0, 0.1) is 0 Å². The Bertz CT molecular complexity index is 1180. The van der Waals surface area contributed by atoms with Crippen molar-refractivity contribution in [1.29, 1.82) is 0 Å². The number of aryl methyl sites for hydroxylation is 2. The number of nitrogens with zero attached hydrogens (tertiary/aromatic N) is 3. The fourth-order valence-electron chi connectivity index (χ4n) is 3.31. The fraction of sp³-hybridized carbons (Fsp3) is 0.217. The number of nitrogens with one attached hydrogen (secondary N) is 1. The van der Waals surface area contributed by atoms with Gasteiger partial charge in [0.15, 0.2) is 0 Å². The number of amides is 1. The number of rotatable bonds is 8. The number of benzene rings is 2. The maximum Gasteiger partial charge on any atom is 0.266 e. The second-order valence-electron chi connectivity index (χ2n) is 7.01. The van der Waals surface area contributed by atoms with Crippen molar-refractivity contribution in [1.82, 2.24) is 20.0 Å². The van der Waals surface area contributed by atoms with E-state index in [1.165, 1.54) is 16.5 Å². The third-order valence-corrected chi connectivity index (χ3v) is 4.90. The summed E-state index contributed by atoms with van der Waals surface area (Å²) in [6.07, 6.45) is 3.37. The van der Waals surface area contributed by atoms with Gasteiger partial charge >= 0.3 is 0 Å². The van der Waals surface area contributed by atoms with Crippen LogP contribution >= 0.6 is 0 Å². The minimum Gasteiger partial charge on any atom is -0.356 e. The van der Waals surface area contributed by atoms with E-state index in [2.05, 4.69) is 27.6 Å². The van der Waals surface area contributed by atoms with Crippen LogP contribution in [0.1, 0.15) is 18.4 Å². The van der Waals surface area contributed by atoms with Crippen LogP contribution in [0.3, 0.4) is 0 Å². The first-order chi connectivity index (χ1) is 14.7. The molecule has 1 amide bonds. The van der Waals surface area contributed by atoms with E-state index < -0.39 is 0 Å². The molecule has 7 heteroatoms. The van der Waals surface area contributed by atoms with Crippen LogP contribution in [0.25, 0.3) is 22.4 Å². The molecule has 30 heavy (non-hydrogen) atoms. The van der Waals surface area contributed by atoms with Crippen molar-refractivity contribution in [3.63, 3.8) is 0 Å². The van der Waals surface area contributed by atoms with Gasteiger partial charge in [-0.25, -0.2) is 4.98 Å². The molecule has 0 aliphatic heterocycles. The van der Waals surface area contributed by atoms with E-state index in [9.17, 15) is 9.59 Å². The van der Waals surface area contributed by atoms with Gasteiger partial charge in [0.1, 0.15) is 17.4 Å². The van der Waals surface area contributed by atoms with Crippen LogP contribution in [0.4, 0.5) is 0 Å². The molecule has 2 aromatic carbocycles. The first-order valence-electron chi connectivity index (χ1n) is 9.93. The topological polar surface area (TPSA) is 90.0 Å². The molecule has 0 fully saturated rings. The smallest absolute Gasteiger partial charge is 0.266 e. The van der Waals surface area contributed by atoms with Crippen LogP contribution in [0.2, 0.25) is 0 Å². The van der Waals surface area contributed by atoms with Gasteiger partial charge in [-0.1, -0.05) is 65.8 Å². The standard InChI is InChI=1S/C23H22N4O3/c28-19(24-14-7-10-17-8-3-1-4-9-17)13-15-27-16-25-22-20(23(27)29)21(26-30-22)18-11-5-2-6-12-18/h1-6,8-9,11-12,16H,7,10,13-15H2,(H,24,28). The Morgan fingerprint density at radius 3 is 2.53 bits per heavy atom. The highest BCUT2D eigenvalue weighted by Crippen LogP contribution is 2.23. The average molecular weight is 402 g/mol. The predicted molar refractivity (Wildman–Crippen MR) is 114 cm³/mol. The Hall–Kier alpha value is -3.74. The Labute approximate surface area is 173 Å². The maximum atomic E-state index is 12.9. The number of fused-ring (bicyclic) bond motifs is 1. The lowest BCUT2D eigenvalue weighted by atomic mass is 10.1. The summed E-state index contributed by atoms with van der Waals surface area (Å²) in [5, 5.41) is 7.24. The van der Waals surface area contributed by atoms with Gasteiger partial charge in [-0.15, -0.1) is 0 Å². The Balaban J connectivity index is 1.36. The summed E-state index contributed by atoms with van der Waals surface area (Å²) in [5.74, 6) is -0.0938. The SMILES string of the molecule is O=C(CCn1cnc2onc(-c3ccccc3)c2c1=O)NCCCc1ccccc1. The molecule has 0 saturated heterocycles. The zero-order valence-corrected chi connectivity index (χ0v) is 16.5. The molecule has 4 rings (SSSR count). The number of carbonyl (C=O) groups excluding carboxylic acids is 1. The molecule has 0 spiro atoms. The molecule has 0 aliphatic carbocycles. The zero-order valence-electron chi connectivity index (χ0n) is 16.5. The summed E-state index contributed by atoms with van der Waals surface area (Å²) in [7, 11) is 0. The van der Waals surface area contributed by atoms with Crippen molar-refractivity contribution >= 4 is 17.0 Å². The van der Waals surface area contributed by atoms with E-state index in [0.29, 0.717) is 17.6 Å². The minimum atomic E-state index is -0.267. The first-order valence-corrected chi connectivity index (χ1v) is 9.93. The van der Waals surface area contributed by atoms with E-state index in [-0.39, 0.29) is 30.1 Å². The van der Waals surface area contributed by atoms with E-state index >= 15 is 0 Å². The average Bonchev–Trinajstić information content (AvgIpc) is 3.23. The highest BCUT2D eigenvalue weighted by Gasteiger charge is 2.17. The lowest BCUT2D eigenvalue weighted by Gasteiger charge is -2.07. The molecule has 7 nitrogen and oxygen atoms in total. The molecule has 2 aromatic heterocycles. The second kappa shape index (κ2) is 9.17. The zero-order chi connectivity index (χ0) is 20.8. The highest BCUT2D eigenvalue weighted by atomic mass is 16.5. The molecule has 1 N–H and O–H groups in total. The molecule has 0 unspecified atom stereocenters. The van der Waals surface area contributed by atoms with Gasteiger partial charge in [0.2, 0.25) is 5.91 Å². The Morgan fingerprint density at radius 2 is 1.77 bits per heavy atom. The van der Waals surface area contributed by atoms with Gasteiger partial charge in [0, 0.05) is 25.1 Å². The molecule has 0 atom stereocenters. The summed E-state index contributed by atoms with van der Waals surface area (Å²) >= 11 is 0. The van der Waals surface area contributed by atoms with Crippen LogP contribution < -0.4 is 10.9 Å². The summed E-state index contributed by atoms with van der Waals surface area (Å²) in [6, 6.07) is 19.5. The third kappa shape index (κ3) is 4.46. The summed E-state index contributed by atoms with van der Waals surface area (Å²) in [5.41, 5.74) is 2.42. The van der Waals surface area contributed by atoms with Crippen LogP contribution in [-0.4, -0.2) is 27.2 Å². The molecular weight excluding hydrogens is 380 g/mol. The van der Waals surface area contributed by atoms with Crippen molar-refractivity contribution in [2.75, 3.05) is 6.54 Å². The monoisotopic (exact) mass is 402 g/mol. The molecule has 0 bridgehead atoms. The molecule has 4 aromatic rings. The Morgan fingerprint density at radius 1 is 1.03 bits per heavy atom. The number of hydrogen-bond acceptors (Lipinski definition) is 5. The molecular formula is C23H22N4O3. The molecule has 0 radical (unpaired) electrons. The van der Waals surface area contributed by atoms with Crippen LogP contribution in [0.5, 0.6) is 0 Å². The maximum absolute atomic E-state index is 12.9. The van der Waals surface area contributed by atoms with E-state index in [0.717, 1.165) is 18.4 Å². The predicted octanol–water partition coefficient (Wildman–Crippen LogP) is 3.19. The van der Waals surface area contributed by atoms with Crippen LogP contribution in [-0.2, 0) is 17.8 Å². The van der Waals surface area contributed by atoms with Crippen molar-refractivity contribution in [2.45, 2.75) is 25.8 Å². The van der Waals surface area contributed by atoms with Crippen molar-refractivity contribution in [3.05, 3.63) is 82.9 Å². The highest BCUT2D eigenvalue weighted by molar-refractivity contribution is 5.88. The van der Waals surface area contributed by atoms with Gasteiger partial charge < -0.3 is 9.84 Å². The molecule has 0 saturated carbocycles. The normalized spacial score (nSPS) is 10.9. The summed E-state index contributed by atoms with van der Waals surface area (Å²) in [4.78, 5) is 29.2. The van der Waals surface area contributed by atoms with Crippen molar-refractivity contribution < 1.29 is 9.32 Å². The van der Waals surface area contributed by atoms with Gasteiger partial charge in [0.25, 0.3) is 11.3 Å². The lowest BCUT2D eigenvalue weighted by molar-refractivity contribution is -0.121. The fourth-order valence-corrected chi connectivity index (χ4v) is 3.31. The minimum absolute atomic E-state index is 0.0938. The van der Waals surface area contributed by atoms with Crippen LogP contribution in [0.15, 0.2) is 76.3 Å². The second-order valence-corrected chi connectivity index (χ2v) is 7.01. The Kier molecular flexibility index (Phi) is 5.98. The molecule has 2 heterocycles. The molecule has 0 aliphatic rings. The first kappa shape index (κ1) is 19.6. The molecule has 152 valence electrons. The number of hydrogen-bond donors (Lipinski definition) is 1. The van der Waals surface area contributed by atoms with Crippen molar-refractivity contribution in [3.8, 4) is 11.3 Å². The summed E-state index contributed by atoms with van der Waals surface area (Å²) in [6.45, 7) is 0.843.